The molecule has 2 fully saturated rings. The molecule has 294 valence electrons. The van der Waals surface area contributed by atoms with Crippen molar-refractivity contribution in [3.8, 4) is 0 Å². The predicted molar refractivity (Wildman–Crippen MR) is 229 cm³/mol. The van der Waals surface area contributed by atoms with Gasteiger partial charge in [-0.25, -0.2) is 0 Å². The summed E-state index contributed by atoms with van der Waals surface area (Å²) in [5.74, 6) is 0.403. The van der Waals surface area contributed by atoms with Crippen molar-refractivity contribution in [1.82, 2.24) is 0 Å². The van der Waals surface area contributed by atoms with Gasteiger partial charge in [-0.3, -0.25) is 0 Å². The second-order valence-electron chi connectivity index (χ2n) is 20.1. The molecule has 3 heteroatoms. The van der Waals surface area contributed by atoms with Crippen LogP contribution in [0, 0.1) is 43.8 Å². The maximum atomic E-state index is 2.84. The Kier molecular flexibility index (Phi) is 10.7. The maximum absolute atomic E-state index is 3.09. The summed E-state index contributed by atoms with van der Waals surface area (Å²) in [6, 6.07) is 23.1. The van der Waals surface area contributed by atoms with Crippen molar-refractivity contribution in [2.24, 2.45) is 43.8 Å². The number of allylic oxidation sites excluding steroid dienone is 16. The van der Waals surface area contributed by atoms with Crippen molar-refractivity contribution in [1.29, 1.82) is 0 Å². The van der Waals surface area contributed by atoms with E-state index in [1.165, 1.54) is 11.1 Å². The molecular weight excluding hydrogens is 799 g/mol. The molecule has 0 spiro atoms. The molecule has 0 aromatic heterocycles. The van der Waals surface area contributed by atoms with E-state index in [1.54, 1.807) is 8.85 Å². The van der Waals surface area contributed by atoms with Gasteiger partial charge in [0.05, 0.1) is 0 Å². The maximum Gasteiger partial charge on any atom is -1.00 e. The Bertz CT molecular complexity index is 2120. The zero-order valence-electron chi connectivity index (χ0n) is 36.0. The number of fused-ring (bicyclic) bond motifs is 8. The van der Waals surface area contributed by atoms with Gasteiger partial charge in [-0.15, -0.1) is 0 Å². The van der Waals surface area contributed by atoms with Gasteiger partial charge in [0.2, 0.25) is 0 Å². The first-order valence-corrected chi connectivity index (χ1v) is 24.6. The van der Waals surface area contributed by atoms with E-state index in [2.05, 4.69) is 229 Å². The quantitative estimate of drug-likeness (QED) is 0.278. The minimum atomic E-state index is -3.09. The van der Waals surface area contributed by atoms with Crippen LogP contribution in [0.1, 0.15) is 101 Å². The molecule has 2 aromatic rings. The summed E-state index contributed by atoms with van der Waals surface area (Å²) >= 11 is -3.09. The Morgan fingerprint density at radius 3 is 1.54 bits per heavy atom. The smallest absolute Gasteiger partial charge is 1.00 e. The molecule has 0 nitrogen and oxygen atoms in total. The minimum absolute atomic E-state index is 0. The van der Waals surface area contributed by atoms with Crippen molar-refractivity contribution in [3.63, 3.8) is 0 Å². The molecule has 9 atom stereocenters. The number of hydrogen-bond acceptors (Lipinski definition) is 0. The average molecular weight is 863 g/mol. The third kappa shape index (κ3) is 4.84. The number of rotatable bonds is 6. The number of halogens is 2. The molecule has 0 amide bonds. The predicted octanol–water partition coefficient (Wildman–Crippen LogP) is 7.83. The van der Waals surface area contributed by atoms with Gasteiger partial charge < -0.3 is 24.8 Å². The summed E-state index contributed by atoms with van der Waals surface area (Å²) < 4.78 is 4.10. The number of hydrogen-bond donors (Lipinski definition) is 0. The number of benzene rings is 2. The summed E-state index contributed by atoms with van der Waals surface area (Å²) in [6.45, 7) is 31.9. The summed E-state index contributed by atoms with van der Waals surface area (Å²) in [6.07, 6.45) is 36.5. The van der Waals surface area contributed by atoms with Crippen LogP contribution in [-0.4, -0.2) is 3.21 Å². The van der Waals surface area contributed by atoms with Crippen molar-refractivity contribution in [2.45, 2.75) is 104 Å². The van der Waals surface area contributed by atoms with Gasteiger partial charge in [0.1, 0.15) is 0 Å². The molecule has 9 unspecified atom stereocenters. The van der Waals surface area contributed by atoms with E-state index >= 15 is 0 Å². The molecule has 0 N–H and O–H groups in total. The SMILES string of the molecule is CC1=CC=CC2[CH]([Zr+2]([C]3=CC=CC3)=[C](C(C)(C)c3ccccc3)C(C)(C)c3ccccc3)C3(C)C4(C)C=CC=CC4(C)C4(C)C=CC=CC4(C)C3(C)C12C.[Cl-].[Cl-]. The van der Waals surface area contributed by atoms with Crippen molar-refractivity contribution < 1.29 is 46.1 Å². The molecule has 0 saturated heterocycles. The average Bonchev–Trinajstić information content (AvgIpc) is 3.75. The van der Waals surface area contributed by atoms with E-state index in [9.17, 15) is 0 Å². The molecular formula is C53H64Cl2Zr. The van der Waals surface area contributed by atoms with Crippen LogP contribution in [0.25, 0.3) is 0 Å². The summed E-state index contributed by atoms with van der Waals surface area (Å²) in [7, 11) is 0. The summed E-state index contributed by atoms with van der Waals surface area (Å²) in [5.41, 5.74) is 3.38. The molecule has 0 radical (unpaired) electrons. The third-order valence-electron chi connectivity index (χ3n) is 18.4. The standard InChI is InChI=1S/C29H37.C19H22.C5H5.2ClH.Zr/c1-21-14-13-15-22-20-27(6)25(4)18-10-9-16-23(25,2)24(3)17-11-12-19-26(24,5)29(27,8)28(21,22)7;1-18(2,16-11-7-5-8-12-16)15-19(3,4)17-13-9-6-10-14-17;1-2-4-5-3-1;;;/h9-20,22H,1-8H3;5-14H,1-4H3;1-3H,4H2;2*1H;/q;;;;;+2/p-2. The van der Waals surface area contributed by atoms with Gasteiger partial charge in [0, 0.05) is 0 Å². The molecule has 8 rings (SSSR count). The Labute approximate surface area is 360 Å². The fourth-order valence-electron chi connectivity index (χ4n) is 14.8. The van der Waals surface area contributed by atoms with Gasteiger partial charge in [-0.2, -0.15) is 0 Å². The van der Waals surface area contributed by atoms with Crippen LogP contribution in [0.3, 0.4) is 0 Å². The Morgan fingerprint density at radius 2 is 1.05 bits per heavy atom. The second kappa shape index (κ2) is 13.9. The van der Waals surface area contributed by atoms with Crippen molar-refractivity contribution in [3.05, 3.63) is 166 Å². The Balaban J connectivity index is 0.00000266. The van der Waals surface area contributed by atoms with Crippen LogP contribution in [0.4, 0.5) is 0 Å². The van der Waals surface area contributed by atoms with Crippen LogP contribution < -0.4 is 24.8 Å². The van der Waals surface area contributed by atoms with E-state index in [0.29, 0.717) is 9.54 Å². The molecule has 56 heavy (non-hydrogen) atoms. The van der Waals surface area contributed by atoms with Gasteiger partial charge in [-0.1, -0.05) is 0 Å². The van der Waals surface area contributed by atoms with E-state index in [1.807, 2.05) is 3.21 Å². The fraction of sp³-hybridized carbons (Fsp3) is 0.453. The van der Waals surface area contributed by atoms with Gasteiger partial charge >= 0.3 is 338 Å². The first-order valence-electron chi connectivity index (χ1n) is 20.7. The van der Waals surface area contributed by atoms with E-state index in [-0.39, 0.29) is 73.5 Å². The Hall–Kier alpha value is -2.31. The molecule has 0 aliphatic heterocycles. The molecule has 6 aliphatic rings. The molecule has 2 aromatic carbocycles. The van der Waals surface area contributed by atoms with E-state index in [0.717, 1.165) is 6.42 Å². The summed E-state index contributed by atoms with van der Waals surface area (Å²) in [5, 5.41) is 0. The molecule has 0 heterocycles. The van der Waals surface area contributed by atoms with Crippen LogP contribution in [-0.2, 0) is 32.1 Å². The first-order chi connectivity index (χ1) is 25.4. The first kappa shape index (κ1) is 43.3. The largest absolute Gasteiger partial charge is 1.00 e. The van der Waals surface area contributed by atoms with Gasteiger partial charge in [-0.05, 0) is 0 Å². The van der Waals surface area contributed by atoms with Gasteiger partial charge in [0.25, 0.3) is 0 Å². The van der Waals surface area contributed by atoms with Crippen LogP contribution in [0.2, 0.25) is 3.63 Å². The van der Waals surface area contributed by atoms with Crippen molar-refractivity contribution >= 4 is 3.21 Å². The van der Waals surface area contributed by atoms with Crippen LogP contribution in [0.5, 0.6) is 0 Å². The molecule has 0 bridgehead atoms. The monoisotopic (exact) mass is 860 g/mol. The van der Waals surface area contributed by atoms with Crippen molar-refractivity contribution in [2.75, 3.05) is 0 Å². The van der Waals surface area contributed by atoms with E-state index < -0.39 is 21.3 Å². The Morgan fingerprint density at radius 1 is 0.589 bits per heavy atom. The zero-order valence-corrected chi connectivity index (χ0v) is 39.9. The topological polar surface area (TPSA) is 0 Å². The third-order valence-corrected chi connectivity index (χ3v) is 29.3. The van der Waals surface area contributed by atoms with Gasteiger partial charge in [0.15, 0.2) is 0 Å². The van der Waals surface area contributed by atoms with Crippen LogP contribution in [0.15, 0.2) is 155 Å². The normalized spacial score (nSPS) is 38.5. The zero-order chi connectivity index (χ0) is 38.8. The van der Waals surface area contributed by atoms with E-state index in [4.69, 9.17) is 0 Å². The second-order valence-corrected chi connectivity index (χ2v) is 26.5. The van der Waals surface area contributed by atoms with Crippen LogP contribution >= 0.6 is 0 Å². The fourth-order valence-corrected chi connectivity index (χ4v) is 27.7. The minimum Gasteiger partial charge on any atom is -1.00 e. The molecule has 6 aliphatic carbocycles. The molecule has 2 saturated carbocycles. The summed E-state index contributed by atoms with van der Waals surface area (Å²) in [4.78, 5) is 0.